The van der Waals surface area contributed by atoms with Gasteiger partial charge in [-0.3, -0.25) is 0 Å². The maximum atomic E-state index is 10.4. The first-order valence-electron chi connectivity index (χ1n) is 12.5. The zero-order chi connectivity index (χ0) is 29.3. The number of phenolic OH excluding ortho intramolecular Hbond substituents is 1. The average Bonchev–Trinajstić information content (AvgIpc) is 3.53. The van der Waals surface area contributed by atoms with Gasteiger partial charge in [0.25, 0.3) is 0 Å². The lowest BCUT2D eigenvalue weighted by molar-refractivity contribution is -0.232. The number of halogens is 1. The molecule has 2 aliphatic heterocycles. The van der Waals surface area contributed by atoms with Crippen molar-refractivity contribution in [2.75, 3.05) is 13.2 Å². The van der Waals surface area contributed by atoms with Crippen LogP contribution in [0.15, 0.2) is 29.6 Å². The highest BCUT2D eigenvalue weighted by Crippen LogP contribution is 2.40. The van der Waals surface area contributed by atoms with Crippen LogP contribution >= 0.6 is 34.3 Å². The number of ether oxygens (including phenoxy) is 2. The Morgan fingerprint density at radius 2 is 1.45 bits per heavy atom. The Labute approximate surface area is 242 Å². The molecule has 14 heteroatoms. The minimum absolute atomic E-state index is 0.190. The fourth-order valence-corrected chi connectivity index (χ4v) is 7.13. The van der Waals surface area contributed by atoms with Gasteiger partial charge in [0, 0.05) is 27.3 Å². The lowest BCUT2D eigenvalue weighted by Crippen LogP contribution is -2.57. The van der Waals surface area contributed by atoms with Gasteiger partial charge in [-0.25, -0.2) is 0 Å². The standard InChI is InChI=1S/C19H19ClO6S2.C7H14O5/c20-12-6-13(22)11(18-17(25)16(24)15(23)14(7-21)26-18)5-9(12)4-10-3-8-1-2-27-19(8)28-10;1-3-5(9)7(11)6(10)4(2-8)12-3/h1-3,5-6,14-18,21-25H,4,7H2;3-11H,2H2,1H3/t14-,15-,16+,17-,18+;3-,4+,5-,6+,7+/m10/s1. The van der Waals surface area contributed by atoms with Gasteiger partial charge >= 0.3 is 0 Å². The predicted molar refractivity (Wildman–Crippen MR) is 148 cm³/mol. The van der Waals surface area contributed by atoms with Gasteiger partial charge in [0.2, 0.25) is 0 Å². The molecular formula is C26H33ClO11S2. The van der Waals surface area contributed by atoms with E-state index in [4.69, 9.17) is 26.2 Å². The molecular weight excluding hydrogens is 588 g/mol. The van der Waals surface area contributed by atoms with E-state index in [0.29, 0.717) is 11.4 Å². The van der Waals surface area contributed by atoms with E-state index in [9.17, 15) is 40.9 Å². The van der Waals surface area contributed by atoms with Gasteiger partial charge in [-0.2, -0.15) is 0 Å². The summed E-state index contributed by atoms with van der Waals surface area (Å²) in [6, 6.07) is 7.16. The van der Waals surface area contributed by atoms with E-state index >= 15 is 0 Å². The lowest BCUT2D eigenvalue weighted by Gasteiger charge is -2.40. The van der Waals surface area contributed by atoms with E-state index in [1.807, 2.05) is 5.38 Å². The molecule has 10 atom stereocenters. The zero-order valence-electron chi connectivity index (χ0n) is 21.3. The molecule has 1 aromatic carbocycles. The largest absolute Gasteiger partial charge is 0.508 e. The Morgan fingerprint density at radius 3 is 2.08 bits per heavy atom. The lowest BCUT2D eigenvalue weighted by atomic mass is 9.90. The van der Waals surface area contributed by atoms with Crippen molar-refractivity contribution in [2.45, 2.75) is 74.4 Å². The first-order valence-corrected chi connectivity index (χ1v) is 14.6. The van der Waals surface area contributed by atoms with Crippen molar-refractivity contribution in [1.82, 2.24) is 0 Å². The number of benzene rings is 1. The normalized spacial score (nSPS) is 34.5. The molecule has 0 saturated carbocycles. The van der Waals surface area contributed by atoms with E-state index < -0.39 is 67.6 Å². The van der Waals surface area contributed by atoms with Crippen LogP contribution in [0.5, 0.6) is 5.75 Å². The fourth-order valence-electron chi connectivity index (χ4n) is 4.73. The number of hydrogen-bond donors (Lipinski definition) is 9. The summed E-state index contributed by atoms with van der Waals surface area (Å²) in [4.78, 5) is 1.11. The summed E-state index contributed by atoms with van der Waals surface area (Å²) in [5.41, 5.74) is 0.981. The molecule has 9 N–H and O–H groups in total. The summed E-state index contributed by atoms with van der Waals surface area (Å²) < 4.78 is 11.8. The molecule has 2 aliphatic rings. The molecule has 0 aliphatic carbocycles. The van der Waals surface area contributed by atoms with Crippen molar-refractivity contribution in [3.63, 3.8) is 0 Å². The van der Waals surface area contributed by atoms with Crippen LogP contribution in [0.2, 0.25) is 5.02 Å². The molecule has 0 amide bonds. The second kappa shape index (κ2) is 13.3. The summed E-state index contributed by atoms with van der Waals surface area (Å²) in [5, 5.41) is 90.1. The first kappa shape index (κ1) is 31.5. The Hall–Kier alpha value is -1.43. The van der Waals surface area contributed by atoms with E-state index in [1.165, 1.54) is 15.5 Å². The summed E-state index contributed by atoms with van der Waals surface area (Å²) in [6.07, 6.45) is -11.0. The van der Waals surface area contributed by atoms with Gasteiger partial charge in [-0.1, -0.05) is 11.6 Å². The van der Waals surface area contributed by atoms with E-state index in [0.717, 1.165) is 10.4 Å². The molecule has 0 unspecified atom stereocenters. The van der Waals surface area contributed by atoms with E-state index in [2.05, 4.69) is 12.1 Å². The number of rotatable bonds is 5. The molecule has 222 valence electrons. The highest BCUT2D eigenvalue weighted by atomic mass is 35.5. The first-order chi connectivity index (χ1) is 19.0. The van der Waals surface area contributed by atoms with Gasteiger partial charge < -0.3 is 55.4 Å². The second-order valence-corrected chi connectivity index (χ2v) is 12.6. The third kappa shape index (κ3) is 6.47. The molecule has 2 fully saturated rings. The molecule has 2 saturated heterocycles. The molecule has 0 spiro atoms. The van der Waals surface area contributed by atoms with Crippen LogP contribution in [0.3, 0.4) is 0 Å². The molecule has 0 bridgehead atoms. The van der Waals surface area contributed by atoms with Crippen molar-refractivity contribution in [1.29, 1.82) is 0 Å². The topological polar surface area (TPSA) is 201 Å². The average molecular weight is 621 g/mol. The van der Waals surface area contributed by atoms with Gasteiger partial charge in [0.1, 0.15) is 60.7 Å². The smallest absolute Gasteiger partial charge is 0.122 e. The Balaban J connectivity index is 0.000000259. The van der Waals surface area contributed by atoms with Gasteiger partial charge in [-0.15, -0.1) is 22.7 Å². The number of fused-ring (bicyclic) bond motifs is 1. The van der Waals surface area contributed by atoms with E-state index in [1.54, 1.807) is 35.7 Å². The van der Waals surface area contributed by atoms with Crippen molar-refractivity contribution in [2.24, 2.45) is 0 Å². The third-order valence-corrected chi connectivity index (χ3v) is 9.65. The van der Waals surface area contributed by atoms with Crippen molar-refractivity contribution < 1.29 is 55.4 Å². The molecule has 2 aromatic heterocycles. The summed E-state index contributed by atoms with van der Waals surface area (Å²) >= 11 is 9.66. The second-order valence-electron chi connectivity index (χ2n) is 9.84. The van der Waals surface area contributed by atoms with Crippen LogP contribution in [0, 0.1) is 0 Å². The number of hydrogen-bond acceptors (Lipinski definition) is 13. The summed E-state index contributed by atoms with van der Waals surface area (Å²) in [7, 11) is 0. The van der Waals surface area contributed by atoms with Crippen LogP contribution in [0.1, 0.15) is 29.0 Å². The third-order valence-electron chi connectivity index (χ3n) is 7.09. The van der Waals surface area contributed by atoms with Gasteiger partial charge in [0.15, 0.2) is 0 Å². The Kier molecular flexibility index (Phi) is 10.4. The molecule has 4 heterocycles. The number of phenols is 1. The van der Waals surface area contributed by atoms with Crippen LogP contribution in [0.4, 0.5) is 0 Å². The van der Waals surface area contributed by atoms with Crippen molar-refractivity contribution in [3.8, 4) is 5.75 Å². The number of aliphatic hydroxyl groups excluding tert-OH is 8. The Bertz CT molecular complexity index is 1230. The van der Waals surface area contributed by atoms with Crippen molar-refractivity contribution >= 4 is 43.7 Å². The highest BCUT2D eigenvalue weighted by molar-refractivity contribution is 7.37. The van der Waals surface area contributed by atoms with E-state index in [-0.39, 0.29) is 17.9 Å². The molecule has 5 rings (SSSR count). The number of aliphatic hydroxyl groups is 8. The summed E-state index contributed by atoms with van der Waals surface area (Å²) in [6.45, 7) is 0.673. The number of aromatic hydroxyl groups is 1. The van der Waals surface area contributed by atoms with Crippen LogP contribution in [0.25, 0.3) is 9.40 Å². The number of thiophene rings is 2. The SMILES string of the molecule is C[C@@H]1O[C@H](CO)[C@@H](O)[C@H](O)[C@H]1O.OC[C@H]1O[C@@H](c2cc(Cc3cc4ccsc4s3)c(Cl)cc2O)[C@H](O)[C@@H](O)[C@@H]1O. The van der Waals surface area contributed by atoms with Crippen LogP contribution in [-0.4, -0.2) is 114 Å². The zero-order valence-corrected chi connectivity index (χ0v) is 23.7. The molecule has 40 heavy (non-hydrogen) atoms. The molecule has 11 nitrogen and oxygen atoms in total. The van der Waals surface area contributed by atoms with Crippen LogP contribution < -0.4 is 0 Å². The maximum Gasteiger partial charge on any atom is 0.122 e. The maximum absolute atomic E-state index is 10.4. The minimum Gasteiger partial charge on any atom is -0.508 e. The molecule has 0 radical (unpaired) electrons. The fraction of sp³-hybridized carbons (Fsp3) is 0.538. The van der Waals surface area contributed by atoms with Gasteiger partial charge in [-0.05, 0) is 42.1 Å². The van der Waals surface area contributed by atoms with Crippen LogP contribution in [-0.2, 0) is 15.9 Å². The predicted octanol–water partition coefficient (Wildman–Crippen LogP) is 0.276. The Morgan fingerprint density at radius 1 is 0.825 bits per heavy atom. The monoisotopic (exact) mass is 620 g/mol. The summed E-state index contributed by atoms with van der Waals surface area (Å²) in [5.74, 6) is -0.190. The van der Waals surface area contributed by atoms with Crippen molar-refractivity contribution in [3.05, 3.63) is 50.7 Å². The quantitative estimate of drug-likeness (QED) is 0.190. The highest BCUT2D eigenvalue weighted by Gasteiger charge is 2.45. The molecule has 3 aromatic rings. The van der Waals surface area contributed by atoms with Gasteiger partial charge in [0.05, 0.1) is 23.3 Å². The minimum atomic E-state index is -1.52.